The topological polar surface area (TPSA) is 47.0 Å². The van der Waals surface area contributed by atoms with Crippen molar-refractivity contribution in [1.82, 2.24) is 9.97 Å². The fourth-order valence-corrected chi connectivity index (χ4v) is 2.94. The van der Waals surface area contributed by atoms with Gasteiger partial charge in [-0.2, -0.15) is 0 Å². The number of anilines is 1. The van der Waals surface area contributed by atoms with Crippen LogP contribution in [0.1, 0.15) is 55.5 Å². The van der Waals surface area contributed by atoms with Crippen molar-refractivity contribution in [3.05, 3.63) is 46.9 Å². The van der Waals surface area contributed by atoms with Crippen molar-refractivity contribution in [1.29, 1.82) is 0 Å². The Morgan fingerprint density at radius 2 is 1.88 bits per heavy atom. The Bertz CT molecular complexity index is 670. The molecule has 1 N–H and O–H groups in total. The summed E-state index contributed by atoms with van der Waals surface area (Å²) in [4.78, 5) is 8.68. The van der Waals surface area contributed by atoms with Crippen LogP contribution in [0.15, 0.2) is 24.5 Å². The Labute approximate surface area is 152 Å². The number of rotatable bonds is 10. The summed E-state index contributed by atoms with van der Waals surface area (Å²) < 4.78 is 5.94. The van der Waals surface area contributed by atoms with Crippen molar-refractivity contribution in [2.24, 2.45) is 0 Å². The van der Waals surface area contributed by atoms with Crippen molar-refractivity contribution in [2.45, 2.75) is 59.8 Å². The lowest BCUT2D eigenvalue weighted by Gasteiger charge is -2.14. The maximum absolute atomic E-state index is 5.94. The molecule has 4 heteroatoms. The van der Waals surface area contributed by atoms with E-state index in [1.54, 1.807) is 6.33 Å². The number of nitrogens with zero attached hydrogens (tertiary/aromatic N) is 2. The SMILES string of the molecule is CCCCc1ccc(OCCNc2ncnc(C)c2CCC)c(C)c1. The summed E-state index contributed by atoms with van der Waals surface area (Å²) in [6, 6.07) is 6.52. The molecule has 0 aliphatic heterocycles. The van der Waals surface area contributed by atoms with Crippen LogP contribution in [0.3, 0.4) is 0 Å². The number of hydrogen-bond acceptors (Lipinski definition) is 4. The van der Waals surface area contributed by atoms with Gasteiger partial charge in [0.1, 0.15) is 24.5 Å². The molecule has 0 saturated heterocycles. The molecule has 0 unspecified atom stereocenters. The monoisotopic (exact) mass is 341 g/mol. The summed E-state index contributed by atoms with van der Waals surface area (Å²) in [5, 5.41) is 3.39. The first-order valence-electron chi connectivity index (χ1n) is 9.42. The number of nitrogens with one attached hydrogen (secondary N) is 1. The highest BCUT2D eigenvalue weighted by molar-refractivity contribution is 5.45. The first kappa shape index (κ1) is 19.2. The van der Waals surface area contributed by atoms with Gasteiger partial charge in [0.25, 0.3) is 0 Å². The summed E-state index contributed by atoms with van der Waals surface area (Å²) in [6.45, 7) is 9.89. The van der Waals surface area contributed by atoms with Gasteiger partial charge < -0.3 is 10.1 Å². The highest BCUT2D eigenvalue weighted by atomic mass is 16.5. The van der Waals surface area contributed by atoms with E-state index in [1.807, 2.05) is 6.92 Å². The van der Waals surface area contributed by atoms with Crippen LogP contribution in [0, 0.1) is 13.8 Å². The summed E-state index contributed by atoms with van der Waals surface area (Å²) in [7, 11) is 0. The Balaban J connectivity index is 1.86. The van der Waals surface area contributed by atoms with Crippen LogP contribution in [0.5, 0.6) is 5.75 Å². The van der Waals surface area contributed by atoms with E-state index < -0.39 is 0 Å². The molecule has 0 spiro atoms. The van der Waals surface area contributed by atoms with Crippen molar-refractivity contribution >= 4 is 5.82 Å². The van der Waals surface area contributed by atoms with E-state index in [2.05, 4.69) is 54.3 Å². The molecule has 1 aromatic heterocycles. The quantitative estimate of drug-likeness (QED) is 0.626. The van der Waals surface area contributed by atoms with Crippen molar-refractivity contribution in [2.75, 3.05) is 18.5 Å². The molecule has 0 saturated carbocycles. The minimum Gasteiger partial charge on any atom is -0.491 e. The maximum Gasteiger partial charge on any atom is 0.132 e. The molecule has 0 amide bonds. The van der Waals surface area contributed by atoms with Crippen molar-refractivity contribution < 1.29 is 4.74 Å². The molecule has 1 aromatic carbocycles. The van der Waals surface area contributed by atoms with Gasteiger partial charge in [-0.05, 0) is 50.3 Å². The molecule has 1 heterocycles. The maximum atomic E-state index is 5.94. The predicted molar refractivity (Wildman–Crippen MR) is 105 cm³/mol. The van der Waals surface area contributed by atoms with Gasteiger partial charge in [0, 0.05) is 11.3 Å². The number of hydrogen-bond donors (Lipinski definition) is 1. The summed E-state index contributed by atoms with van der Waals surface area (Å²) in [5.41, 5.74) is 4.86. The fourth-order valence-electron chi connectivity index (χ4n) is 2.94. The van der Waals surface area contributed by atoms with Crippen molar-refractivity contribution in [3.8, 4) is 5.75 Å². The summed E-state index contributed by atoms with van der Waals surface area (Å²) >= 11 is 0. The molecule has 2 rings (SSSR count). The molecule has 0 radical (unpaired) electrons. The predicted octanol–water partition coefficient (Wildman–Crippen LogP) is 4.88. The minimum absolute atomic E-state index is 0.615. The Kier molecular flexibility index (Phi) is 7.71. The highest BCUT2D eigenvalue weighted by Crippen LogP contribution is 2.20. The largest absolute Gasteiger partial charge is 0.491 e. The molecule has 2 aromatic rings. The molecule has 0 aliphatic carbocycles. The van der Waals surface area contributed by atoms with Crippen LogP contribution >= 0.6 is 0 Å². The second-order valence-corrected chi connectivity index (χ2v) is 6.51. The molecule has 0 fully saturated rings. The van der Waals surface area contributed by atoms with Crippen LogP contribution in [-0.2, 0) is 12.8 Å². The number of benzene rings is 1. The second kappa shape index (κ2) is 10.0. The first-order chi connectivity index (χ1) is 12.2. The lowest BCUT2D eigenvalue weighted by atomic mass is 10.1. The molecule has 0 bridgehead atoms. The van der Waals surface area contributed by atoms with E-state index in [-0.39, 0.29) is 0 Å². The Hall–Kier alpha value is -2.10. The third-order valence-electron chi connectivity index (χ3n) is 4.37. The fraction of sp³-hybridized carbons (Fsp3) is 0.524. The van der Waals surface area contributed by atoms with Crippen LogP contribution < -0.4 is 10.1 Å². The lowest BCUT2D eigenvalue weighted by molar-refractivity contribution is 0.330. The molecule has 25 heavy (non-hydrogen) atoms. The number of unbranched alkanes of at least 4 members (excludes halogenated alkanes) is 1. The van der Waals surface area contributed by atoms with Gasteiger partial charge in [-0.25, -0.2) is 9.97 Å². The van der Waals surface area contributed by atoms with Crippen LogP contribution in [0.2, 0.25) is 0 Å². The van der Waals surface area contributed by atoms with E-state index in [0.29, 0.717) is 6.61 Å². The van der Waals surface area contributed by atoms with Crippen LogP contribution in [0.25, 0.3) is 0 Å². The normalized spacial score (nSPS) is 10.7. The molecular weight excluding hydrogens is 310 g/mol. The number of ether oxygens (including phenoxy) is 1. The summed E-state index contributed by atoms with van der Waals surface area (Å²) in [6.07, 6.45) is 7.31. The average Bonchev–Trinajstić information content (AvgIpc) is 2.61. The van der Waals surface area contributed by atoms with E-state index in [9.17, 15) is 0 Å². The molecule has 0 aliphatic rings. The van der Waals surface area contributed by atoms with Crippen molar-refractivity contribution in [3.63, 3.8) is 0 Å². The Morgan fingerprint density at radius 3 is 2.60 bits per heavy atom. The lowest BCUT2D eigenvalue weighted by Crippen LogP contribution is -2.15. The molecule has 4 nitrogen and oxygen atoms in total. The van der Waals surface area contributed by atoms with Gasteiger partial charge in [-0.3, -0.25) is 0 Å². The standard InChI is InChI=1S/C21H31N3O/c1-5-7-9-18-10-11-20(16(3)14-18)25-13-12-22-21-19(8-6-2)17(4)23-15-24-21/h10-11,14-15H,5-9,12-13H2,1-4H3,(H,22,23,24). The number of aromatic nitrogens is 2. The van der Waals surface area contributed by atoms with Gasteiger partial charge in [-0.1, -0.05) is 38.8 Å². The molecule has 0 atom stereocenters. The highest BCUT2D eigenvalue weighted by Gasteiger charge is 2.07. The van der Waals surface area contributed by atoms with Gasteiger partial charge >= 0.3 is 0 Å². The van der Waals surface area contributed by atoms with Gasteiger partial charge in [0.2, 0.25) is 0 Å². The number of aryl methyl sites for hydroxylation is 3. The van der Waals surface area contributed by atoms with E-state index in [0.717, 1.165) is 43.1 Å². The van der Waals surface area contributed by atoms with Crippen LogP contribution in [-0.4, -0.2) is 23.1 Å². The average molecular weight is 341 g/mol. The molecule has 136 valence electrons. The van der Waals surface area contributed by atoms with E-state index in [1.165, 1.54) is 29.5 Å². The van der Waals surface area contributed by atoms with E-state index in [4.69, 9.17) is 4.74 Å². The van der Waals surface area contributed by atoms with Crippen LogP contribution in [0.4, 0.5) is 5.82 Å². The third-order valence-corrected chi connectivity index (χ3v) is 4.37. The summed E-state index contributed by atoms with van der Waals surface area (Å²) in [5.74, 6) is 1.90. The second-order valence-electron chi connectivity index (χ2n) is 6.51. The minimum atomic E-state index is 0.615. The molecular formula is C21H31N3O. The Morgan fingerprint density at radius 1 is 1.04 bits per heavy atom. The van der Waals surface area contributed by atoms with Gasteiger partial charge in [0.15, 0.2) is 0 Å². The zero-order valence-corrected chi connectivity index (χ0v) is 16.1. The van der Waals surface area contributed by atoms with Gasteiger partial charge in [-0.15, -0.1) is 0 Å². The smallest absolute Gasteiger partial charge is 0.132 e. The zero-order chi connectivity index (χ0) is 18.1. The van der Waals surface area contributed by atoms with E-state index >= 15 is 0 Å². The van der Waals surface area contributed by atoms with Gasteiger partial charge in [0.05, 0.1) is 6.54 Å². The first-order valence-corrected chi connectivity index (χ1v) is 9.42. The third kappa shape index (κ3) is 5.73. The zero-order valence-electron chi connectivity index (χ0n) is 16.1.